The zero-order chi connectivity index (χ0) is 20.3. The van der Waals surface area contributed by atoms with E-state index in [1.807, 2.05) is 16.9 Å². The highest BCUT2D eigenvalue weighted by atomic mass is 32.1. The largest absolute Gasteiger partial charge is 0.474 e. The molecule has 3 heterocycles. The van der Waals surface area contributed by atoms with E-state index in [0.717, 1.165) is 24.1 Å². The third kappa shape index (κ3) is 5.22. The molecular formula is C21H30N4O2S. The Kier molecular flexibility index (Phi) is 6.23. The molecule has 0 saturated carbocycles. The molecule has 0 aromatic carbocycles. The van der Waals surface area contributed by atoms with Crippen LogP contribution < -0.4 is 4.74 Å². The molecule has 3 aromatic rings. The molecule has 152 valence electrons. The summed E-state index contributed by atoms with van der Waals surface area (Å²) >= 11 is 1.73. The maximum Gasteiger partial charge on any atom is 0.232 e. The number of aryl methyl sites for hydroxylation is 1. The first-order valence-corrected chi connectivity index (χ1v) is 10.7. The predicted molar refractivity (Wildman–Crippen MR) is 112 cm³/mol. The van der Waals surface area contributed by atoms with E-state index in [1.54, 1.807) is 11.3 Å². The van der Waals surface area contributed by atoms with E-state index in [4.69, 9.17) is 9.26 Å². The summed E-state index contributed by atoms with van der Waals surface area (Å²) in [6, 6.07) is 6.13. The van der Waals surface area contributed by atoms with Crippen LogP contribution in [0.4, 0.5) is 0 Å². The third-order valence-electron chi connectivity index (χ3n) is 4.46. The summed E-state index contributed by atoms with van der Waals surface area (Å²) in [5, 5.41) is 8.62. The molecule has 0 aliphatic rings. The van der Waals surface area contributed by atoms with Gasteiger partial charge in [-0.05, 0) is 58.6 Å². The van der Waals surface area contributed by atoms with Gasteiger partial charge in [0.2, 0.25) is 17.6 Å². The first kappa shape index (κ1) is 20.6. The van der Waals surface area contributed by atoms with Crippen molar-refractivity contribution in [1.29, 1.82) is 0 Å². The van der Waals surface area contributed by atoms with Crippen molar-refractivity contribution in [2.45, 2.75) is 78.4 Å². The summed E-state index contributed by atoms with van der Waals surface area (Å²) < 4.78 is 13.3. The average Bonchev–Trinajstić information content (AvgIpc) is 3.34. The average molecular weight is 403 g/mol. The van der Waals surface area contributed by atoms with E-state index in [2.05, 4.69) is 68.9 Å². The number of ether oxygens (including phenoxy) is 1. The Hall–Kier alpha value is -2.15. The van der Waals surface area contributed by atoms with E-state index in [0.29, 0.717) is 23.5 Å². The van der Waals surface area contributed by atoms with Crippen molar-refractivity contribution >= 4 is 11.3 Å². The van der Waals surface area contributed by atoms with Crippen molar-refractivity contribution in [2.75, 3.05) is 0 Å². The van der Waals surface area contributed by atoms with Crippen LogP contribution in [-0.2, 0) is 12.0 Å². The molecule has 0 radical (unpaired) electrons. The topological polar surface area (TPSA) is 66.0 Å². The fourth-order valence-corrected chi connectivity index (χ4v) is 3.73. The first-order valence-electron chi connectivity index (χ1n) is 9.88. The molecule has 0 saturated heterocycles. The summed E-state index contributed by atoms with van der Waals surface area (Å²) in [7, 11) is 0. The van der Waals surface area contributed by atoms with Crippen molar-refractivity contribution in [3.8, 4) is 16.6 Å². The summed E-state index contributed by atoms with van der Waals surface area (Å²) in [6.45, 7) is 12.8. The smallest absolute Gasteiger partial charge is 0.232 e. The first-order chi connectivity index (χ1) is 13.2. The van der Waals surface area contributed by atoms with E-state index in [-0.39, 0.29) is 11.6 Å². The Balaban J connectivity index is 1.47. The van der Waals surface area contributed by atoms with Gasteiger partial charge in [-0.1, -0.05) is 19.0 Å². The van der Waals surface area contributed by atoms with Crippen LogP contribution in [0.1, 0.15) is 71.1 Å². The number of nitrogens with zero attached hydrogens (tertiary/aromatic N) is 4. The van der Waals surface area contributed by atoms with Gasteiger partial charge in [-0.3, -0.25) is 4.68 Å². The van der Waals surface area contributed by atoms with Gasteiger partial charge in [-0.2, -0.15) is 4.98 Å². The van der Waals surface area contributed by atoms with E-state index >= 15 is 0 Å². The zero-order valence-electron chi connectivity index (χ0n) is 17.6. The summed E-state index contributed by atoms with van der Waals surface area (Å²) in [6.07, 6.45) is 4.61. The van der Waals surface area contributed by atoms with Gasteiger partial charge in [-0.15, -0.1) is 16.4 Å². The van der Waals surface area contributed by atoms with E-state index in [9.17, 15) is 0 Å². The fourth-order valence-electron chi connectivity index (χ4n) is 2.79. The maximum absolute atomic E-state index is 5.93. The predicted octanol–water partition coefficient (Wildman–Crippen LogP) is 5.66. The minimum Gasteiger partial charge on any atom is -0.474 e. The van der Waals surface area contributed by atoms with Crippen molar-refractivity contribution in [3.63, 3.8) is 0 Å². The normalized spacial score (nSPS) is 13.2. The van der Waals surface area contributed by atoms with Gasteiger partial charge in [-0.25, -0.2) is 0 Å². The lowest BCUT2D eigenvalue weighted by atomic mass is 10.1. The highest BCUT2D eigenvalue weighted by Gasteiger charge is 2.16. The molecule has 0 spiro atoms. The van der Waals surface area contributed by atoms with E-state index in [1.165, 1.54) is 4.88 Å². The molecule has 28 heavy (non-hydrogen) atoms. The van der Waals surface area contributed by atoms with Gasteiger partial charge >= 0.3 is 0 Å². The molecule has 0 unspecified atom stereocenters. The number of hydrogen-bond acceptors (Lipinski definition) is 6. The van der Waals surface area contributed by atoms with Crippen molar-refractivity contribution in [2.24, 2.45) is 0 Å². The van der Waals surface area contributed by atoms with Crippen LogP contribution in [0.25, 0.3) is 10.7 Å². The molecule has 0 amide bonds. The monoisotopic (exact) mass is 402 g/mol. The molecule has 0 aliphatic carbocycles. The Morgan fingerprint density at radius 2 is 1.96 bits per heavy atom. The van der Waals surface area contributed by atoms with E-state index < -0.39 is 0 Å². The van der Waals surface area contributed by atoms with Crippen LogP contribution in [0.2, 0.25) is 0 Å². The molecule has 0 aliphatic heterocycles. The Bertz CT molecular complexity index is 888. The van der Waals surface area contributed by atoms with Gasteiger partial charge in [0, 0.05) is 23.6 Å². The molecule has 7 heteroatoms. The minimum absolute atomic E-state index is 0.0427. The van der Waals surface area contributed by atoms with Gasteiger partial charge in [0.15, 0.2) is 0 Å². The molecule has 3 aromatic heterocycles. The summed E-state index contributed by atoms with van der Waals surface area (Å²) in [5.74, 6) is 2.55. The highest BCUT2D eigenvalue weighted by molar-refractivity contribution is 7.15. The van der Waals surface area contributed by atoms with Gasteiger partial charge in [0.05, 0.1) is 16.5 Å². The lowest BCUT2D eigenvalue weighted by Gasteiger charge is -2.19. The molecule has 1 atom stereocenters. The summed E-state index contributed by atoms with van der Waals surface area (Å²) in [5.41, 5.74) is -0.0427. The Morgan fingerprint density at radius 3 is 2.61 bits per heavy atom. The quantitative estimate of drug-likeness (QED) is 0.486. The lowest BCUT2D eigenvalue weighted by molar-refractivity contribution is 0.192. The summed E-state index contributed by atoms with van der Waals surface area (Å²) in [4.78, 5) is 6.94. The highest BCUT2D eigenvalue weighted by Crippen LogP contribution is 2.30. The van der Waals surface area contributed by atoms with Crippen LogP contribution in [0.5, 0.6) is 5.88 Å². The number of thiophene rings is 1. The van der Waals surface area contributed by atoms with Crippen LogP contribution >= 0.6 is 11.3 Å². The number of rotatable bonds is 8. The SMILES string of the molecule is CC(C)c1ccc(-c2noc(CCC[C@H](C)Oc3ccn(C(C)(C)C)n3)n2)s1. The Morgan fingerprint density at radius 1 is 1.18 bits per heavy atom. The molecular weight excluding hydrogens is 372 g/mol. The van der Waals surface area contributed by atoms with Crippen LogP contribution in [0.15, 0.2) is 28.9 Å². The second-order valence-corrected chi connectivity index (χ2v) is 9.57. The minimum atomic E-state index is -0.0427. The van der Waals surface area contributed by atoms with Crippen LogP contribution in [-0.4, -0.2) is 26.0 Å². The van der Waals surface area contributed by atoms with Crippen LogP contribution in [0.3, 0.4) is 0 Å². The standard InChI is InChI=1S/C21H30N4O2S/c1-14(2)16-10-11-17(28-16)20-22-18(27-24-20)9-7-8-15(3)26-19-12-13-25(23-19)21(4,5)6/h10-15H,7-9H2,1-6H3/t15-/m0/s1. The van der Waals surface area contributed by atoms with Crippen LogP contribution in [0, 0.1) is 0 Å². The second-order valence-electron chi connectivity index (χ2n) is 8.46. The van der Waals surface area contributed by atoms with Gasteiger partial charge in [0.1, 0.15) is 0 Å². The molecule has 6 nitrogen and oxygen atoms in total. The maximum atomic E-state index is 5.93. The Labute approximate surface area is 170 Å². The van der Waals surface area contributed by atoms with Crippen molar-refractivity contribution in [1.82, 2.24) is 19.9 Å². The van der Waals surface area contributed by atoms with Gasteiger partial charge < -0.3 is 9.26 Å². The molecule has 0 N–H and O–H groups in total. The molecule has 0 fully saturated rings. The number of aromatic nitrogens is 4. The second kappa shape index (κ2) is 8.47. The van der Waals surface area contributed by atoms with Crippen molar-refractivity contribution < 1.29 is 9.26 Å². The number of hydrogen-bond donors (Lipinski definition) is 0. The lowest BCUT2D eigenvalue weighted by Crippen LogP contribution is -2.22. The zero-order valence-corrected chi connectivity index (χ0v) is 18.4. The fraction of sp³-hybridized carbons (Fsp3) is 0.571. The third-order valence-corrected chi connectivity index (χ3v) is 5.84. The van der Waals surface area contributed by atoms with Crippen molar-refractivity contribution in [3.05, 3.63) is 35.2 Å². The molecule has 0 bridgehead atoms. The molecule has 3 rings (SSSR count). The van der Waals surface area contributed by atoms with Gasteiger partial charge in [0.25, 0.3) is 0 Å².